The highest BCUT2D eigenvalue weighted by Gasteiger charge is 2.25. The molecule has 0 N–H and O–H groups in total. The summed E-state index contributed by atoms with van der Waals surface area (Å²) in [5.41, 5.74) is 3.01. The summed E-state index contributed by atoms with van der Waals surface area (Å²) in [4.78, 5) is 2.32. The third kappa shape index (κ3) is 5.20. The van der Waals surface area contributed by atoms with Crippen molar-refractivity contribution >= 4 is 35.4 Å². The Morgan fingerprint density at radius 2 is 1.67 bits per heavy atom. The van der Waals surface area contributed by atoms with Gasteiger partial charge in [-0.1, -0.05) is 74.3 Å². The molecule has 0 radical (unpaired) electrons. The maximum atomic E-state index is 6.62. The van der Waals surface area contributed by atoms with Crippen LogP contribution in [0.25, 0.3) is 17.1 Å². The van der Waals surface area contributed by atoms with Crippen LogP contribution < -0.4 is 0 Å². The van der Waals surface area contributed by atoms with Gasteiger partial charge in [0, 0.05) is 18.7 Å². The van der Waals surface area contributed by atoms with Gasteiger partial charge in [0.1, 0.15) is 0 Å². The Labute approximate surface area is 210 Å². The van der Waals surface area contributed by atoms with Crippen LogP contribution in [0.15, 0.2) is 42.5 Å². The number of ether oxygens (including phenoxy) is 1. The smallest absolute Gasteiger partial charge is 0.204 e. The van der Waals surface area contributed by atoms with Gasteiger partial charge >= 0.3 is 0 Å². The second-order valence-electron chi connectivity index (χ2n) is 9.78. The SMILES string of the molecule is C[C@@H]1CN(Cn2nc(-c3ccc(C(C)(C)C)cc3)n(-c3cccc(Cl)c3Cl)c2=S)C[C@H](C)O1. The fraction of sp³-hybridized carbons (Fsp3) is 0.440. The highest BCUT2D eigenvalue weighted by molar-refractivity contribution is 7.71. The van der Waals surface area contributed by atoms with E-state index < -0.39 is 0 Å². The normalized spacial score (nSPS) is 19.7. The molecular weight excluding hydrogens is 475 g/mol. The van der Waals surface area contributed by atoms with Crippen LogP contribution in [0.3, 0.4) is 0 Å². The molecule has 4 rings (SSSR count). The van der Waals surface area contributed by atoms with Crippen molar-refractivity contribution < 1.29 is 4.74 Å². The number of aromatic nitrogens is 3. The van der Waals surface area contributed by atoms with Crippen LogP contribution in [0.1, 0.15) is 40.2 Å². The van der Waals surface area contributed by atoms with E-state index in [9.17, 15) is 0 Å². The second-order valence-corrected chi connectivity index (χ2v) is 10.9. The molecule has 33 heavy (non-hydrogen) atoms. The maximum Gasteiger partial charge on any atom is 0.204 e. The Kier molecular flexibility index (Phi) is 7.04. The van der Waals surface area contributed by atoms with Crippen LogP contribution in [0, 0.1) is 4.77 Å². The first kappa shape index (κ1) is 24.4. The number of hydrogen-bond acceptors (Lipinski definition) is 4. The van der Waals surface area contributed by atoms with Crippen molar-refractivity contribution in [3.05, 3.63) is 62.8 Å². The summed E-state index contributed by atoms with van der Waals surface area (Å²) in [7, 11) is 0. The van der Waals surface area contributed by atoms with E-state index in [1.807, 2.05) is 21.4 Å². The van der Waals surface area contributed by atoms with Gasteiger partial charge in [0.05, 0.1) is 34.6 Å². The number of benzene rings is 2. The van der Waals surface area contributed by atoms with Crippen molar-refractivity contribution in [2.75, 3.05) is 13.1 Å². The topological polar surface area (TPSA) is 35.2 Å². The predicted molar refractivity (Wildman–Crippen MR) is 138 cm³/mol. The first-order valence-corrected chi connectivity index (χ1v) is 12.3. The monoisotopic (exact) mass is 504 g/mol. The molecule has 3 aromatic rings. The van der Waals surface area contributed by atoms with Gasteiger partial charge < -0.3 is 4.74 Å². The van der Waals surface area contributed by atoms with E-state index in [0.29, 0.717) is 21.5 Å². The van der Waals surface area contributed by atoms with Gasteiger partial charge in [-0.3, -0.25) is 9.47 Å². The third-order valence-electron chi connectivity index (χ3n) is 5.85. The van der Waals surface area contributed by atoms with Crippen molar-refractivity contribution in [3.8, 4) is 17.1 Å². The van der Waals surface area contributed by atoms with Gasteiger partial charge in [0.25, 0.3) is 0 Å². The zero-order chi connectivity index (χ0) is 23.9. The Balaban J connectivity index is 1.82. The lowest BCUT2D eigenvalue weighted by Gasteiger charge is -2.34. The van der Waals surface area contributed by atoms with Crippen molar-refractivity contribution in [1.82, 2.24) is 19.2 Å². The van der Waals surface area contributed by atoms with Crippen LogP contribution in [-0.2, 0) is 16.8 Å². The zero-order valence-electron chi connectivity index (χ0n) is 19.7. The highest BCUT2D eigenvalue weighted by Crippen LogP contribution is 2.33. The van der Waals surface area contributed by atoms with Crippen molar-refractivity contribution in [2.45, 2.75) is 58.9 Å². The molecule has 0 bridgehead atoms. The fourth-order valence-electron chi connectivity index (χ4n) is 4.28. The Hall–Kier alpha value is -1.70. The molecule has 0 aliphatic carbocycles. The summed E-state index contributed by atoms with van der Waals surface area (Å²) in [5, 5.41) is 5.89. The van der Waals surface area contributed by atoms with Crippen LogP contribution in [-0.4, -0.2) is 44.5 Å². The standard InChI is InChI=1S/C25H30Cl2N4OS/c1-16-13-29(14-17(2)32-16)15-30-24(33)31(21-8-6-7-20(26)22(21)27)23(28-30)18-9-11-19(12-10-18)25(3,4)5/h6-12,16-17H,13-15H2,1-5H3/t16-,17+. The molecule has 8 heteroatoms. The van der Waals surface area contributed by atoms with Gasteiger partial charge in [0.2, 0.25) is 4.77 Å². The lowest BCUT2D eigenvalue weighted by atomic mass is 9.87. The van der Waals surface area contributed by atoms with Crippen molar-refractivity contribution in [1.29, 1.82) is 0 Å². The largest absolute Gasteiger partial charge is 0.373 e. The molecule has 5 nitrogen and oxygen atoms in total. The summed E-state index contributed by atoms with van der Waals surface area (Å²) in [5.74, 6) is 0.735. The molecule has 0 saturated carbocycles. The van der Waals surface area contributed by atoms with Crippen LogP contribution in [0.5, 0.6) is 0 Å². The Morgan fingerprint density at radius 3 is 2.27 bits per heavy atom. The Bertz CT molecular complexity index is 1190. The molecule has 2 heterocycles. The van der Waals surface area contributed by atoms with E-state index >= 15 is 0 Å². The average molecular weight is 506 g/mol. The van der Waals surface area contributed by atoms with Gasteiger partial charge in [-0.05, 0) is 49.2 Å². The molecule has 2 aromatic carbocycles. The predicted octanol–water partition coefficient (Wildman–Crippen LogP) is 6.74. The van der Waals surface area contributed by atoms with Gasteiger partial charge in [-0.2, -0.15) is 0 Å². The minimum absolute atomic E-state index is 0.0665. The van der Waals surface area contributed by atoms with E-state index in [1.165, 1.54) is 5.56 Å². The first-order valence-electron chi connectivity index (χ1n) is 11.2. The number of rotatable bonds is 4. The highest BCUT2D eigenvalue weighted by atomic mass is 35.5. The minimum atomic E-state index is 0.0665. The van der Waals surface area contributed by atoms with E-state index in [0.717, 1.165) is 30.2 Å². The number of hydrogen-bond donors (Lipinski definition) is 0. The summed E-state index contributed by atoms with van der Waals surface area (Å²) in [6, 6.07) is 14.0. The molecule has 0 amide bonds. The number of nitrogens with zero attached hydrogens (tertiary/aromatic N) is 4. The van der Waals surface area contributed by atoms with Crippen molar-refractivity contribution in [2.24, 2.45) is 0 Å². The molecular formula is C25H30Cl2N4OS. The molecule has 1 aromatic heterocycles. The summed E-state index contributed by atoms with van der Waals surface area (Å²) < 4.78 is 10.2. The van der Waals surface area contributed by atoms with E-state index in [2.05, 4.69) is 63.8 Å². The molecule has 1 aliphatic rings. The van der Waals surface area contributed by atoms with E-state index in [4.69, 9.17) is 45.3 Å². The molecule has 2 atom stereocenters. The van der Waals surface area contributed by atoms with E-state index in [1.54, 1.807) is 6.07 Å². The van der Waals surface area contributed by atoms with Crippen LogP contribution in [0.2, 0.25) is 10.0 Å². The summed E-state index contributed by atoms with van der Waals surface area (Å²) in [6.45, 7) is 13.0. The Morgan fingerprint density at radius 1 is 1.03 bits per heavy atom. The summed E-state index contributed by atoms with van der Waals surface area (Å²) in [6.07, 6.45) is 0.327. The average Bonchev–Trinajstić information content (AvgIpc) is 3.05. The molecule has 0 spiro atoms. The minimum Gasteiger partial charge on any atom is -0.373 e. The second kappa shape index (κ2) is 9.51. The van der Waals surface area contributed by atoms with E-state index in [-0.39, 0.29) is 17.6 Å². The van der Waals surface area contributed by atoms with Crippen LogP contribution in [0.4, 0.5) is 0 Å². The van der Waals surface area contributed by atoms with Crippen molar-refractivity contribution in [3.63, 3.8) is 0 Å². The molecule has 1 aliphatic heterocycles. The first-order chi connectivity index (χ1) is 15.5. The molecule has 0 unspecified atom stereocenters. The van der Waals surface area contributed by atoms with Gasteiger partial charge in [-0.25, -0.2) is 4.68 Å². The molecule has 1 saturated heterocycles. The lowest BCUT2D eigenvalue weighted by molar-refractivity contribution is -0.0777. The fourth-order valence-corrected chi connectivity index (χ4v) is 4.94. The van der Waals surface area contributed by atoms with Gasteiger partial charge in [-0.15, -0.1) is 5.10 Å². The summed E-state index contributed by atoms with van der Waals surface area (Å²) >= 11 is 18.9. The quantitative estimate of drug-likeness (QED) is 0.368. The van der Waals surface area contributed by atoms with Crippen LogP contribution >= 0.6 is 35.4 Å². The maximum absolute atomic E-state index is 6.62. The molecule has 1 fully saturated rings. The molecule has 176 valence electrons. The zero-order valence-corrected chi connectivity index (χ0v) is 22.0. The van der Waals surface area contributed by atoms with Gasteiger partial charge in [0.15, 0.2) is 5.82 Å². The third-order valence-corrected chi connectivity index (χ3v) is 7.05. The number of morpholine rings is 1. The lowest BCUT2D eigenvalue weighted by Crippen LogP contribution is -2.46. The number of halogens is 2.